The minimum atomic E-state index is -0.125. The molecule has 0 radical (unpaired) electrons. The van der Waals surface area contributed by atoms with Gasteiger partial charge >= 0.3 is 6.03 Å². The molecule has 4 nitrogen and oxygen atoms in total. The summed E-state index contributed by atoms with van der Waals surface area (Å²) in [6, 6.07) is 7.10. The van der Waals surface area contributed by atoms with E-state index in [9.17, 15) is 4.79 Å². The van der Waals surface area contributed by atoms with E-state index in [0.717, 1.165) is 30.4 Å². The van der Waals surface area contributed by atoms with Crippen molar-refractivity contribution < 1.29 is 4.79 Å². The molecule has 2 aliphatic heterocycles. The van der Waals surface area contributed by atoms with Gasteiger partial charge in [0.1, 0.15) is 5.15 Å². The lowest BCUT2D eigenvalue weighted by atomic mass is 9.95. The summed E-state index contributed by atoms with van der Waals surface area (Å²) in [5.41, 5.74) is 2.81. The first-order valence-corrected chi connectivity index (χ1v) is 8.85. The Morgan fingerprint density at radius 1 is 1.17 bits per heavy atom. The zero-order valence-corrected chi connectivity index (χ0v) is 14.9. The highest BCUT2D eigenvalue weighted by Gasteiger charge is 2.43. The zero-order chi connectivity index (χ0) is 16.8. The average molecular weight is 383 g/mol. The Balaban J connectivity index is 1.61. The third kappa shape index (κ3) is 2.63. The second-order valence-corrected chi connectivity index (χ2v) is 7.26. The third-order valence-electron chi connectivity index (χ3n) is 4.75. The summed E-state index contributed by atoms with van der Waals surface area (Å²) in [4.78, 5) is 18.9. The number of carbonyl (C=O) groups is 1. The summed E-state index contributed by atoms with van der Waals surface area (Å²) in [6.45, 7) is 0. The van der Waals surface area contributed by atoms with Gasteiger partial charge in [0.05, 0.1) is 16.1 Å². The molecule has 1 N–H and O–H groups in total. The molecule has 2 atom stereocenters. The van der Waals surface area contributed by atoms with Crippen molar-refractivity contribution in [1.29, 1.82) is 0 Å². The van der Waals surface area contributed by atoms with Crippen LogP contribution in [-0.2, 0) is 6.42 Å². The third-order valence-corrected chi connectivity index (χ3v) is 5.81. The quantitative estimate of drug-likeness (QED) is 0.677. The lowest BCUT2D eigenvalue weighted by molar-refractivity contribution is 0.179. The minimum Gasteiger partial charge on any atom is -0.314 e. The number of amides is 2. The molecular formula is C17H14Cl3N3O. The van der Waals surface area contributed by atoms with Crippen LogP contribution in [0.1, 0.15) is 30.0 Å². The van der Waals surface area contributed by atoms with E-state index in [-0.39, 0.29) is 18.1 Å². The summed E-state index contributed by atoms with van der Waals surface area (Å²) in [5.74, 6) is 0. The summed E-state index contributed by atoms with van der Waals surface area (Å²) in [7, 11) is 0. The zero-order valence-electron chi connectivity index (χ0n) is 12.6. The van der Waals surface area contributed by atoms with E-state index < -0.39 is 0 Å². The van der Waals surface area contributed by atoms with Gasteiger partial charge in [-0.15, -0.1) is 0 Å². The lowest BCUT2D eigenvalue weighted by Crippen LogP contribution is -2.44. The predicted octanol–water partition coefficient (Wildman–Crippen LogP) is 5.34. The number of hydrogen-bond acceptors (Lipinski definition) is 2. The molecule has 4 rings (SSSR count). The van der Waals surface area contributed by atoms with Gasteiger partial charge in [-0.25, -0.2) is 9.78 Å². The molecule has 7 heteroatoms. The summed E-state index contributed by atoms with van der Waals surface area (Å²) in [5, 5.41) is 4.35. The van der Waals surface area contributed by atoms with Gasteiger partial charge in [-0.05, 0) is 54.7 Å². The Bertz CT molecular complexity index is 827. The van der Waals surface area contributed by atoms with E-state index in [1.165, 1.54) is 0 Å². The molecule has 2 bridgehead atoms. The van der Waals surface area contributed by atoms with Gasteiger partial charge in [0.2, 0.25) is 0 Å². The van der Waals surface area contributed by atoms with Crippen LogP contribution in [0, 0.1) is 0 Å². The maximum Gasteiger partial charge on any atom is 0.322 e. The van der Waals surface area contributed by atoms with Crippen LogP contribution in [0.5, 0.6) is 0 Å². The van der Waals surface area contributed by atoms with Crippen LogP contribution in [0.2, 0.25) is 15.2 Å². The Labute approximate surface area is 154 Å². The van der Waals surface area contributed by atoms with E-state index in [4.69, 9.17) is 34.8 Å². The van der Waals surface area contributed by atoms with Crippen LogP contribution in [0.15, 0.2) is 30.5 Å². The molecular weight excluding hydrogens is 369 g/mol. The Morgan fingerprint density at radius 3 is 2.79 bits per heavy atom. The van der Waals surface area contributed by atoms with E-state index >= 15 is 0 Å². The van der Waals surface area contributed by atoms with Gasteiger partial charge in [0, 0.05) is 17.9 Å². The highest BCUT2D eigenvalue weighted by atomic mass is 35.5. The van der Waals surface area contributed by atoms with E-state index in [1.54, 1.807) is 24.4 Å². The number of urea groups is 1. The molecule has 1 aromatic heterocycles. The van der Waals surface area contributed by atoms with E-state index in [0.29, 0.717) is 20.9 Å². The van der Waals surface area contributed by atoms with Crippen molar-refractivity contribution in [1.82, 2.24) is 9.88 Å². The first kappa shape index (κ1) is 16.0. The van der Waals surface area contributed by atoms with Crippen LogP contribution < -0.4 is 5.32 Å². The van der Waals surface area contributed by atoms with Crippen molar-refractivity contribution in [2.75, 3.05) is 5.32 Å². The number of rotatable bonds is 1. The Kier molecular flexibility index (Phi) is 4.07. The smallest absolute Gasteiger partial charge is 0.314 e. The van der Waals surface area contributed by atoms with Crippen LogP contribution in [0.25, 0.3) is 0 Å². The van der Waals surface area contributed by atoms with Crippen molar-refractivity contribution in [2.45, 2.75) is 31.3 Å². The standard InChI is InChI=1S/C17H14Cl3N3O/c18-13-3-1-9(7-14(13)19)22-17(24)23-10-2-4-15(23)11-5-6-21-16(20)12(11)8-10/h1,3,5-7,10,15H,2,4,8H2,(H,22,24)/t10-,15+/m1/s1. The molecule has 2 amide bonds. The van der Waals surface area contributed by atoms with Gasteiger partial charge in [-0.3, -0.25) is 0 Å². The van der Waals surface area contributed by atoms with Gasteiger partial charge in [-0.1, -0.05) is 34.8 Å². The second-order valence-electron chi connectivity index (χ2n) is 6.09. The molecule has 2 aromatic rings. The SMILES string of the molecule is O=C(Nc1ccc(Cl)c(Cl)c1)N1[C@@H]2CC[C@H]1c1ccnc(Cl)c1C2. The fourth-order valence-corrected chi connectivity index (χ4v) is 4.23. The van der Waals surface area contributed by atoms with Gasteiger partial charge in [-0.2, -0.15) is 0 Å². The summed E-state index contributed by atoms with van der Waals surface area (Å²) >= 11 is 18.2. The topological polar surface area (TPSA) is 45.2 Å². The van der Waals surface area contributed by atoms with Crippen molar-refractivity contribution in [3.8, 4) is 0 Å². The monoisotopic (exact) mass is 381 g/mol. The van der Waals surface area contributed by atoms with Crippen molar-refractivity contribution in [3.05, 3.63) is 56.8 Å². The second kappa shape index (κ2) is 6.10. The highest BCUT2D eigenvalue weighted by Crippen LogP contribution is 2.45. The van der Waals surface area contributed by atoms with Crippen LogP contribution in [0.4, 0.5) is 10.5 Å². The van der Waals surface area contributed by atoms with Crippen LogP contribution in [-0.4, -0.2) is 22.0 Å². The molecule has 24 heavy (non-hydrogen) atoms. The number of anilines is 1. The summed E-state index contributed by atoms with van der Waals surface area (Å²) < 4.78 is 0. The minimum absolute atomic E-state index is 0.0435. The van der Waals surface area contributed by atoms with Gasteiger partial charge < -0.3 is 10.2 Å². The molecule has 1 saturated heterocycles. The van der Waals surface area contributed by atoms with E-state index in [1.807, 2.05) is 11.0 Å². The number of benzene rings is 1. The van der Waals surface area contributed by atoms with Crippen molar-refractivity contribution in [2.24, 2.45) is 0 Å². The molecule has 0 unspecified atom stereocenters. The first-order chi connectivity index (χ1) is 11.5. The average Bonchev–Trinajstić information content (AvgIpc) is 2.87. The van der Waals surface area contributed by atoms with Gasteiger partial charge in [0.25, 0.3) is 0 Å². The normalized spacial score (nSPS) is 21.5. The maximum atomic E-state index is 12.8. The number of aromatic nitrogens is 1. The van der Waals surface area contributed by atoms with Crippen molar-refractivity contribution >= 4 is 46.5 Å². The van der Waals surface area contributed by atoms with Gasteiger partial charge in [0.15, 0.2) is 0 Å². The Morgan fingerprint density at radius 2 is 2.00 bits per heavy atom. The molecule has 3 heterocycles. The number of halogens is 3. The molecule has 1 fully saturated rings. The van der Waals surface area contributed by atoms with E-state index in [2.05, 4.69) is 10.3 Å². The Hall–Kier alpha value is -1.49. The number of pyridine rings is 1. The number of hydrogen-bond donors (Lipinski definition) is 1. The van der Waals surface area contributed by atoms with Crippen molar-refractivity contribution in [3.63, 3.8) is 0 Å². The number of fused-ring (bicyclic) bond motifs is 4. The molecule has 1 aromatic carbocycles. The largest absolute Gasteiger partial charge is 0.322 e. The summed E-state index contributed by atoms with van der Waals surface area (Å²) in [6.07, 6.45) is 4.35. The fourth-order valence-electron chi connectivity index (χ4n) is 3.69. The number of carbonyl (C=O) groups excluding carboxylic acids is 1. The molecule has 2 aliphatic rings. The molecule has 0 spiro atoms. The van der Waals surface area contributed by atoms with Crippen LogP contribution >= 0.6 is 34.8 Å². The first-order valence-electron chi connectivity index (χ1n) is 7.72. The molecule has 0 saturated carbocycles. The molecule has 0 aliphatic carbocycles. The fraction of sp³-hybridized carbons (Fsp3) is 0.294. The van der Waals surface area contributed by atoms with Crippen LogP contribution in [0.3, 0.4) is 0 Å². The lowest BCUT2D eigenvalue weighted by Gasteiger charge is -2.36. The highest BCUT2D eigenvalue weighted by molar-refractivity contribution is 6.42. The maximum absolute atomic E-state index is 12.8. The number of nitrogens with one attached hydrogen (secondary N) is 1. The number of nitrogens with zero attached hydrogens (tertiary/aromatic N) is 2. The molecule has 124 valence electrons. The predicted molar refractivity (Wildman–Crippen MR) is 96.0 cm³/mol.